The smallest absolute Gasteiger partial charge is 0.0936 e. The Labute approximate surface area is 325 Å². The van der Waals surface area contributed by atoms with E-state index >= 15 is 0 Å². The molecule has 10 aromatic carbocycles. The molecule has 1 aliphatic heterocycles. The maximum atomic E-state index is 5.77. The third kappa shape index (κ3) is 4.71. The summed E-state index contributed by atoms with van der Waals surface area (Å²) in [6.45, 7) is 0. The van der Waals surface area contributed by atoms with Crippen LogP contribution in [0.2, 0.25) is 0 Å². The summed E-state index contributed by atoms with van der Waals surface area (Å²) in [5, 5.41) is 15.7. The van der Waals surface area contributed by atoms with Crippen molar-refractivity contribution in [2.75, 3.05) is 0 Å². The summed E-state index contributed by atoms with van der Waals surface area (Å²) < 4.78 is 0. The first kappa shape index (κ1) is 31.5. The van der Waals surface area contributed by atoms with E-state index in [4.69, 9.17) is 4.99 Å². The topological polar surface area (TPSA) is 12.4 Å². The van der Waals surface area contributed by atoms with Crippen LogP contribution >= 0.6 is 0 Å². The van der Waals surface area contributed by atoms with Gasteiger partial charge in [-0.05, 0) is 117 Å². The summed E-state index contributed by atoms with van der Waals surface area (Å²) in [4.78, 5) is 5.77. The second kappa shape index (κ2) is 12.1. The molecular formula is C55H37N. The molecule has 0 spiro atoms. The SMILES string of the molecule is C1=C(c2cc3c4ccccc4c4ccccc4c3c3ccccc23)C2CC2(c2ccc(-c3ccc4c(ccc5ccccc54)c3)cc2)N=C(c2ccccc2)C1. The molecule has 262 valence electrons. The van der Waals surface area contributed by atoms with Crippen LogP contribution in [0.1, 0.15) is 29.5 Å². The summed E-state index contributed by atoms with van der Waals surface area (Å²) in [7, 11) is 0. The Bertz CT molecular complexity index is 3300. The molecule has 0 aromatic heterocycles. The number of nitrogens with zero attached hydrogens (tertiary/aromatic N) is 1. The van der Waals surface area contributed by atoms with Crippen LogP contribution in [0.25, 0.3) is 81.3 Å². The van der Waals surface area contributed by atoms with Gasteiger partial charge >= 0.3 is 0 Å². The average molecular weight is 712 g/mol. The van der Waals surface area contributed by atoms with Crippen LogP contribution in [0.5, 0.6) is 0 Å². The molecule has 1 heterocycles. The Balaban J connectivity index is 1.02. The Morgan fingerprint density at radius 1 is 0.411 bits per heavy atom. The van der Waals surface area contributed by atoms with Gasteiger partial charge in [0.1, 0.15) is 0 Å². The number of fused-ring (bicyclic) bond motifs is 12. The maximum absolute atomic E-state index is 5.77. The van der Waals surface area contributed by atoms with Crippen molar-refractivity contribution in [2.24, 2.45) is 10.9 Å². The number of rotatable bonds is 4. The van der Waals surface area contributed by atoms with Crippen LogP contribution in [0.3, 0.4) is 0 Å². The van der Waals surface area contributed by atoms with Crippen LogP contribution in [0.15, 0.2) is 199 Å². The van der Waals surface area contributed by atoms with Gasteiger partial charge in [-0.2, -0.15) is 0 Å². The first-order valence-corrected chi connectivity index (χ1v) is 19.9. The number of benzene rings is 10. The molecule has 0 saturated heterocycles. The van der Waals surface area contributed by atoms with E-state index in [0.29, 0.717) is 0 Å². The molecule has 0 amide bonds. The molecule has 0 N–H and O–H groups in total. The lowest BCUT2D eigenvalue weighted by Crippen LogP contribution is -2.11. The number of allylic oxidation sites excluding steroid dienone is 1. The van der Waals surface area contributed by atoms with Crippen molar-refractivity contribution in [1.29, 1.82) is 0 Å². The van der Waals surface area contributed by atoms with Gasteiger partial charge in [0, 0.05) is 18.1 Å². The molecule has 2 aliphatic rings. The lowest BCUT2D eigenvalue weighted by Gasteiger charge is -2.19. The van der Waals surface area contributed by atoms with Crippen molar-refractivity contribution < 1.29 is 0 Å². The first-order valence-electron chi connectivity index (χ1n) is 19.9. The van der Waals surface area contributed by atoms with Crippen molar-refractivity contribution in [3.05, 3.63) is 211 Å². The molecular weight excluding hydrogens is 675 g/mol. The Morgan fingerprint density at radius 2 is 0.982 bits per heavy atom. The van der Waals surface area contributed by atoms with Gasteiger partial charge in [0.25, 0.3) is 0 Å². The van der Waals surface area contributed by atoms with Gasteiger partial charge in [0.15, 0.2) is 0 Å². The first-order chi connectivity index (χ1) is 27.7. The molecule has 2 atom stereocenters. The fourth-order valence-corrected chi connectivity index (χ4v) is 10.0. The largest absolute Gasteiger partial charge is 0.277 e. The standard InChI is InChI=1S/C55H37N/c1-2-13-37(14-3-1)53-31-30-47(50-33-51-45-18-7-6-16-43(45)44-17-8-10-20-48(44)54(51)49-21-11-9-19-46(49)50)52-34-55(52,56-53)40-27-24-35(25-28-40)38-26-29-42-39(32-38)23-22-36-12-4-5-15-41(36)42/h1-30,32-33,52H,31,34H2. The highest BCUT2D eigenvalue weighted by atomic mass is 15.0. The molecule has 1 fully saturated rings. The van der Waals surface area contributed by atoms with Crippen LogP contribution < -0.4 is 0 Å². The molecule has 1 saturated carbocycles. The third-order valence-electron chi connectivity index (χ3n) is 12.8. The molecule has 1 heteroatoms. The molecule has 0 radical (unpaired) electrons. The van der Waals surface area contributed by atoms with E-state index in [1.165, 1.54) is 98.0 Å². The van der Waals surface area contributed by atoms with Crippen LogP contribution in [0, 0.1) is 5.92 Å². The third-order valence-corrected chi connectivity index (χ3v) is 12.8. The van der Waals surface area contributed by atoms with E-state index < -0.39 is 0 Å². The van der Waals surface area contributed by atoms with Crippen molar-refractivity contribution in [1.82, 2.24) is 0 Å². The molecule has 1 aliphatic carbocycles. The Kier molecular flexibility index (Phi) is 6.80. The van der Waals surface area contributed by atoms with Gasteiger partial charge in [0.2, 0.25) is 0 Å². The zero-order valence-corrected chi connectivity index (χ0v) is 30.9. The fraction of sp³-hybridized carbons (Fsp3) is 0.0727. The molecule has 10 aromatic rings. The average Bonchev–Trinajstić information content (AvgIpc) is 4.02. The van der Waals surface area contributed by atoms with E-state index in [1.54, 1.807) is 0 Å². The fourth-order valence-electron chi connectivity index (χ4n) is 10.0. The Morgan fingerprint density at radius 3 is 1.75 bits per heavy atom. The summed E-state index contributed by atoms with van der Waals surface area (Å²) in [5.74, 6) is 0.274. The zero-order valence-electron chi connectivity index (χ0n) is 30.9. The van der Waals surface area contributed by atoms with Crippen molar-refractivity contribution in [2.45, 2.75) is 18.4 Å². The minimum Gasteiger partial charge on any atom is -0.277 e. The van der Waals surface area contributed by atoms with E-state index in [2.05, 4.69) is 194 Å². The summed E-state index contributed by atoms with van der Waals surface area (Å²) in [5.41, 5.74) is 8.56. The predicted molar refractivity (Wildman–Crippen MR) is 239 cm³/mol. The van der Waals surface area contributed by atoms with Crippen molar-refractivity contribution >= 4 is 75.9 Å². The van der Waals surface area contributed by atoms with Gasteiger partial charge in [-0.25, -0.2) is 0 Å². The minimum atomic E-state index is -0.324. The van der Waals surface area contributed by atoms with Crippen LogP contribution in [-0.4, -0.2) is 5.71 Å². The second-order valence-corrected chi connectivity index (χ2v) is 15.8. The van der Waals surface area contributed by atoms with E-state index in [0.717, 1.165) is 18.6 Å². The number of hydrogen-bond acceptors (Lipinski definition) is 1. The highest BCUT2D eigenvalue weighted by Gasteiger charge is 2.58. The van der Waals surface area contributed by atoms with Crippen LogP contribution in [-0.2, 0) is 5.54 Å². The number of aliphatic imine (C=N–C) groups is 1. The van der Waals surface area contributed by atoms with E-state index in [1.807, 2.05) is 0 Å². The lowest BCUT2D eigenvalue weighted by molar-refractivity contribution is 0.706. The minimum absolute atomic E-state index is 0.274. The van der Waals surface area contributed by atoms with Gasteiger partial charge in [-0.15, -0.1) is 0 Å². The molecule has 2 unspecified atom stereocenters. The Hall–Kier alpha value is -6.83. The molecule has 12 rings (SSSR count). The summed E-state index contributed by atoms with van der Waals surface area (Å²) in [6.07, 6.45) is 4.30. The monoisotopic (exact) mass is 711 g/mol. The van der Waals surface area contributed by atoms with Gasteiger partial charge in [-0.3, -0.25) is 4.99 Å². The van der Waals surface area contributed by atoms with E-state index in [-0.39, 0.29) is 11.5 Å². The summed E-state index contributed by atoms with van der Waals surface area (Å²) in [6, 6.07) is 69.7. The number of hydrogen-bond donors (Lipinski definition) is 0. The van der Waals surface area contributed by atoms with Gasteiger partial charge in [-0.1, -0.05) is 182 Å². The van der Waals surface area contributed by atoms with Gasteiger partial charge in [0.05, 0.1) is 5.54 Å². The highest BCUT2D eigenvalue weighted by Crippen LogP contribution is 2.63. The summed E-state index contributed by atoms with van der Waals surface area (Å²) >= 11 is 0. The van der Waals surface area contributed by atoms with Crippen molar-refractivity contribution in [3.8, 4) is 11.1 Å². The zero-order chi connectivity index (χ0) is 36.8. The second-order valence-electron chi connectivity index (χ2n) is 15.8. The predicted octanol–water partition coefficient (Wildman–Crippen LogP) is 14.5. The molecule has 1 nitrogen and oxygen atoms in total. The van der Waals surface area contributed by atoms with E-state index in [9.17, 15) is 0 Å². The normalized spacial score (nSPS) is 18.0. The molecule has 0 bridgehead atoms. The molecule has 56 heavy (non-hydrogen) atoms. The lowest BCUT2D eigenvalue weighted by atomic mass is 9.85. The highest BCUT2D eigenvalue weighted by molar-refractivity contribution is 6.32. The van der Waals surface area contributed by atoms with Crippen LogP contribution in [0.4, 0.5) is 0 Å². The van der Waals surface area contributed by atoms with Crippen molar-refractivity contribution in [3.63, 3.8) is 0 Å². The maximum Gasteiger partial charge on any atom is 0.0936 e. The van der Waals surface area contributed by atoms with Gasteiger partial charge < -0.3 is 0 Å². The quantitative estimate of drug-likeness (QED) is 0.161.